The zero-order chi connectivity index (χ0) is 19.7. The lowest BCUT2D eigenvalue weighted by molar-refractivity contribution is 0.208. The van der Waals surface area contributed by atoms with Crippen molar-refractivity contribution in [2.45, 2.75) is 59.1 Å². The number of sulfone groups is 1. The maximum atomic E-state index is 11.6. The standard InChI is InChI=1S/C20H33N3O3S.HI/c1-4-21-20(22-12-13-27(24,25)5-2)23-15-17-11-10-16(3)14-19(17)26-18-8-6-7-9-18;/h10-11,14,18H,4-9,12-13,15H2,1-3H3,(H2,21,22,23);1H. The fraction of sp³-hybridized carbons (Fsp3) is 0.650. The molecule has 2 rings (SSSR count). The van der Waals surface area contributed by atoms with Gasteiger partial charge in [0.15, 0.2) is 15.8 Å². The van der Waals surface area contributed by atoms with Gasteiger partial charge in [-0.05, 0) is 51.2 Å². The molecule has 8 heteroatoms. The van der Waals surface area contributed by atoms with Gasteiger partial charge in [-0.25, -0.2) is 13.4 Å². The first-order valence-corrected chi connectivity index (χ1v) is 11.7. The van der Waals surface area contributed by atoms with E-state index in [4.69, 9.17) is 4.74 Å². The maximum absolute atomic E-state index is 11.6. The predicted octanol–water partition coefficient (Wildman–Crippen LogP) is 3.42. The summed E-state index contributed by atoms with van der Waals surface area (Å²) in [5.41, 5.74) is 2.22. The van der Waals surface area contributed by atoms with Crippen LogP contribution in [0.1, 0.15) is 50.7 Å². The molecule has 1 aliphatic carbocycles. The molecule has 0 aliphatic heterocycles. The highest BCUT2D eigenvalue weighted by Gasteiger charge is 2.18. The van der Waals surface area contributed by atoms with E-state index in [2.05, 4.69) is 40.7 Å². The van der Waals surface area contributed by atoms with Crippen molar-refractivity contribution in [1.29, 1.82) is 0 Å². The summed E-state index contributed by atoms with van der Waals surface area (Å²) >= 11 is 0. The lowest BCUT2D eigenvalue weighted by atomic mass is 10.1. The van der Waals surface area contributed by atoms with Gasteiger partial charge in [0.2, 0.25) is 0 Å². The molecule has 1 saturated carbocycles. The monoisotopic (exact) mass is 523 g/mol. The lowest BCUT2D eigenvalue weighted by Crippen LogP contribution is -2.39. The van der Waals surface area contributed by atoms with Gasteiger partial charge in [-0.2, -0.15) is 0 Å². The lowest BCUT2D eigenvalue weighted by Gasteiger charge is -2.17. The van der Waals surface area contributed by atoms with Crippen LogP contribution in [0.25, 0.3) is 0 Å². The number of aliphatic imine (C=N–C) groups is 1. The number of guanidine groups is 1. The van der Waals surface area contributed by atoms with Crippen LogP contribution in [0.15, 0.2) is 23.2 Å². The average molecular weight is 523 g/mol. The van der Waals surface area contributed by atoms with Crippen LogP contribution in [0.2, 0.25) is 0 Å². The highest BCUT2D eigenvalue weighted by atomic mass is 127. The number of aryl methyl sites for hydroxylation is 1. The van der Waals surface area contributed by atoms with Gasteiger partial charge in [0, 0.05) is 24.4 Å². The Morgan fingerprint density at radius 3 is 2.57 bits per heavy atom. The molecule has 6 nitrogen and oxygen atoms in total. The predicted molar refractivity (Wildman–Crippen MR) is 127 cm³/mol. The van der Waals surface area contributed by atoms with Crippen molar-refractivity contribution < 1.29 is 13.2 Å². The molecule has 1 aromatic carbocycles. The minimum absolute atomic E-state index is 0. The molecule has 0 heterocycles. The molecular weight excluding hydrogens is 489 g/mol. The Kier molecular flexibility index (Phi) is 11.2. The smallest absolute Gasteiger partial charge is 0.191 e. The zero-order valence-electron chi connectivity index (χ0n) is 17.2. The van der Waals surface area contributed by atoms with E-state index in [-0.39, 0.29) is 35.5 Å². The van der Waals surface area contributed by atoms with E-state index in [0.29, 0.717) is 31.7 Å². The SMILES string of the molecule is CCNC(=NCc1ccc(C)cc1OC1CCCC1)NCCS(=O)(=O)CC.I. The minimum Gasteiger partial charge on any atom is -0.490 e. The molecule has 28 heavy (non-hydrogen) atoms. The van der Waals surface area contributed by atoms with Crippen molar-refractivity contribution in [3.05, 3.63) is 29.3 Å². The number of rotatable bonds is 9. The topological polar surface area (TPSA) is 79.8 Å². The van der Waals surface area contributed by atoms with E-state index < -0.39 is 9.84 Å². The van der Waals surface area contributed by atoms with Crippen LogP contribution in [0.3, 0.4) is 0 Å². The van der Waals surface area contributed by atoms with E-state index >= 15 is 0 Å². The molecule has 1 aromatic rings. The van der Waals surface area contributed by atoms with Gasteiger partial charge in [-0.15, -0.1) is 24.0 Å². The van der Waals surface area contributed by atoms with Gasteiger partial charge in [-0.3, -0.25) is 0 Å². The number of benzene rings is 1. The summed E-state index contributed by atoms with van der Waals surface area (Å²) in [5, 5.41) is 6.27. The third-order valence-corrected chi connectivity index (χ3v) is 6.42. The summed E-state index contributed by atoms with van der Waals surface area (Å²) in [6.45, 7) is 7.26. The van der Waals surface area contributed by atoms with E-state index in [1.165, 1.54) is 18.4 Å². The summed E-state index contributed by atoms with van der Waals surface area (Å²) in [7, 11) is -2.99. The number of halogens is 1. The molecule has 0 aromatic heterocycles. The Labute approximate surface area is 186 Å². The second kappa shape index (κ2) is 12.5. The summed E-state index contributed by atoms with van der Waals surface area (Å²) in [4.78, 5) is 4.61. The van der Waals surface area contributed by atoms with Crippen LogP contribution in [-0.2, 0) is 16.4 Å². The highest BCUT2D eigenvalue weighted by molar-refractivity contribution is 14.0. The van der Waals surface area contributed by atoms with E-state index in [1.54, 1.807) is 6.92 Å². The molecule has 0 bridgehead atoms. The first-order chi connectivity index (χ1) is 12.9. The van der Waals surface area contributed by atoms with Gasteiger partial charge in [-0.1, -0.05) is 19.1 Å². The van der Waals surface area contributed by atoms with Gasteiger partial charge < -0.3 is 15.4 Å². The van der Waals surface area contributed by atoms with Crippen LogP contribution >= 0.6 is 24.0 Å². The second-order valence-corrected chi connectivity index (χ2v) is 9.47. The number of hydrogen-bond acceptors (Lipinski definition) is 4. The maximum Gasteiger partial charge on any atom is 0.191 e. The van der Waals surface area contributed by atoms with Crippen molar-refractivity contribution in [3.63, 3.8) is 0 Å². The molecule has 1 fully saturated rings. The molecule has 2 N–H and O–H groups in total. The molecule has 160 valence electrons. The second-order valence-electron chi connectivity index (χ2n) is 6.99. The Balaban J connectivity index is 0.00000392. The van der Waals surface area contributed by atoms with Crippen molar-refractivity contribution in [3.8, 4) is 5.75 Å². The largest absolute Gasteiger partial charge is 0.490 e. The minimum atomic E-state index is -2.99. The summed E-state index contributed by atoms with van der Waals surface area (Å²) in [6, 6.07) is 6.21. The van der Waals surface area contributed by atoms with Crippen molar-refractivity contribution in [2.75, 3.05) is 24.6 Å². The van der Waals surface area contributed by atoms with Gasteiger partial charge >= 0.3 is 0 Å². The fourth-order valence-corrected chi connectivity index (χ4v) is 3.76. The van der Waals surface area contributed by atoms with E-state index in [1.807, 2.05) is 6.92 Å². The molecule has 0 atom stereocenters. The first-order valence-electron chi connectivity index (χ1n) is 9.92. The van der Waals surface area contributed by atoms with Crippen LogP contribution in [0.4, 0.5) is 0 Å². The van der Waals surface area contributed by atoms with Crippen LogP contribution in [0, 0.1) is 6.92 Å². The number of hydrogen-bond donors (Lipinski definition) is 2. The Morgan fingerprint density at radius 2 is 1.93 bits per heavy atom. The summed E-state index contributed by atoms with van der Waals surface area (Å²) in [5.74, 6) is 1.80. The quantitative estimate of drug-likeness (QED) is 0.295. The fourth-order valence-electron chi connectivity index (χ4n) is 3.06. The van der Waals surface area contributed by atoms with E-state index in [0.717, 1.165) is 24.2 Å². The Morgan fingerprint density at radius 1 is 1.21 bits per heavy atom. The summed E-state index contributed by atoms with van der Waals surface area (Å²) in [6.07, 6.45) is 5.01. The molecule has 0 unspecified atom stereocenters. The van der Waals surface area contributed by atoms with Crippen LogP contribution in [-0.4, -0.2) is 45.1 Å². The average Bonchev–Trinajstić information content (AvgIpc) is 3.14. The Hall–Kier alpha value is -1.03. The normalized spacial score (nSPS) is 15.2. The molecule has 1 aliphatic rings. The van der Waals surface area contributed by atoms with Crippen molar-refractivity contribution in [2.24, 2.45) is 4.99 Å². The number of nitrogens with zero attached hydrogens (tertiary/aromatic N) is 1. The first kappa shape index (κ1) is 25.0. The van der Waals surface area contributed by atoms with Crippen LogP contribution < -0.4 is 15.4 Å². The highest BCUT2D eigenvalue weighted by Crippen LogP contribution is 2.28. The molecule has 0 spiro atoms. The zero-order valence-corrected chi connectivity index (χ0v) is 20.3. The van der Waals surface area contributed by atoms with Gasteiger partial charge in [0.1, 0.15) is 5.75 Å². The Bertz CT molecular complexity index is 732. The summed E-state index contributed by atoms with van der Waals surface area (Å²) < 4.78 is 29.5. The molecule has 0 amide bonds. The van der Waals surface area contributed by atoms with Gasteiger partial charge in [0.25, 0.3) is 0 Å². The number of nitrogens with one attached hydrogen (secondary N) is 2. The third kappa shape index (κ3) is 8.55. The third-order valence-electron chi connectivity index (χ3n) is 4.72. The number of ether oxygens (including phenoxy) is 1. The molecule has 0 saturated heterocycles. The van der Waals surface area contributed by atoms with Crippen LogP contribution in [0.5, 0.6) is 5.75 Å². The van der Waals surface area contributed by atoms with E-state index in [9.17, 15) is 8.42 Å². The molecular formula is C20H34IN3O3S. The molecule has 0 radical (unpaired) electrons. The van der Waals surface area contributed by atoms with Gasteiger partial charge in [0.05, 0.1) is 18.4 Å². The van der Waals surface area contributed by atoms with Crippen molar-refractivity contribution >= 4 is 39.8 Å². The van der Waals surface area contributed by atoms with Crippen molar-refractivity contribution in [1.82, 2.24) is 10.6 Å².